The molecule has 1 atom stereocenters. The number of carbonyl (C=O) groups is 1. The molecule has 1 N–H and O–H groups in total. The first kappa shape index (κ1) is 15.4. The second kappa shape index (κ2) is 6.32. The number of fused-ring (bicyclic) bond motifs is 1. The van der Waals surface area contributed by atoms with Crippen LogP contribution in [0.4, 0.5) is 0 Å². The number of amides is 1. The maximum atomic E-state index is 12.4. The Bertz CT molecular complexity index is 739. The van der Waals surface area contributed by atoms with Crippen LogP contribution in [-0.4, -0.2) is 19.1 Å². The van der Waals surface area contributed by atoms with E-state index in [1.807, 2.05) is 57.2 Å². The molecule has 2 aromatic carbocycles. The summed E-state index contributed by atoms with van der Waals surface area (Å²) in [5.74, 6) is 1.42. The van der Waals surface area contributed by atoms with Crippen LogP contribution < -0.4 is 14.8 Å². The molecule has 0 saturated carbocycles. The Morgan fingerprint density at radius 2 is 1.74 bits per heavy atom. The van der Waals surface area contributed by atoms with E-state index in [0.717, 1.165) is 22.6 Å². The molecule has 23 heavy (non-hydrogen) atoms. The molecule has 0 aromatic heterocycles. The molecule has 2 aromatic rings. The lowest BCUT2D eigenvalue weighted by atomic mass is 10.0. The molecule has 1 aliphatic heterocycles. The van der Waals surface area contributed by atoms with Crippen molar-refractivity contribution in [3.8, 4) is 11.5 Å². The molecule has 4 heteroatoms. The van der Waals surface area contributed by atoms with Crippen LogP contribution in [0.15, 0.2) is 36.4 Å². The summed E-state index contributed by atoms with van der Waals surface area (Å²) in [6.07, 6.45) is 0. The Labute approximate surface area is 136 Å². The molecule has 0 aliphatic carbocycles. The monoisotopic (exact) mass is 311 g/mol. The van der Waals surface area contributed by atoms with E-state index < -0.39 is 0 Å². The van der Waals surface area contributed by atoms with Crippen LogP contribution in [0.5, 0.6) is 11.5 Å². The Hall–Kier alpha value is -2.49. The van der Waals surface area contributed by atoms with E-state index >= 15 is 0 Å². The first-order valence-corrected chi connectivity index (χ1v) is 7.82. The van der Waals surface area contributed by atoms with Gasteiger partial charge in [-0.2, -0.15) is 0 Å². The molecule has 0 spiro atoms. The lowest BCUT2D eigenvalue weighted by molar-refractivity contribution is 0.0939. The van der Waals surface area contributed by atoms with Crippen LogP contribution in [0.1, 0.15) is 40.0 Å². The van der Waals surface area contributed by atoms with Gasteiger partial charge in [-0.1, -0.05) is 12.1 Å². The minimum Gasteiger partial charge on any atom is -0.486 e. The van der Waals surface area contributed by atoms with Gasteiger partial charge in [0.2, 0.25) is 0 Å². The van der Waals surface area contributed by atoms with E-state index in [2.05, 4.69) is 5.32 Å². The average molecular weight is 311 g/mol. The molecule has 120 valence electrons. The molecular formula is C19H21NO3. The van der Waals surface area contributed by atoms with Crippen LogP contribution in [0.3, 0.4) is 0 Å². The molecule has 4 nitrogen and oxygen atoms in total. The SMILES string of the molecule is Cc1ccc(C(=O)N[C@H](C)c2ccc3c(c2)OCCO3)cc1C. The smallest absolute Gasteiger partial charge is 0.251 e. The predicted molar refractivity (Wildman–Crippen MR) is 89.2 cm³/mol. The second-order valence-corrected chi connectivity index (χ2v) is 5.90. The van der Waals surface area contributed by atoms with E-state index in [-0.39, 0.29) is 11.9 Å². The molecule has 0 unspecified atom stereocenters. The van der Waals surface area contributed by atoms with Crippen molar-refractivity contribution in [2.45, 2.75) is 26.8 Å². The minimum absolute atomic E-state index is 0.0736. The van der Waals surface area contributed by atoms with Gasteiger partial charge in [0.15, 0.2) is 11.5 Å². The van der Waals surface area contributed by atoms with Gasteiger partial charge in [-0.15, -0.1) is 0 Å². The minimum atomic E-state index is -0.111. The van der Waals surface area contributed by atoms with Crippen molar-refractivity contribution in [1.82, 2.24) is 5.32 Å². The standard InChI is InChI=1S/C19H21NO3/c1-12-4-5-16(10-13(12)2)19(21)20-14(3)15-6-7-17-18(11-15)23-9-8-22-17/h4-7,10-11,14H,8-9H2,1-3H3,(H,20,21)/t14-/m1/s1. The van der Waals surface area contributed by atoms with Crippen LogP contribution >= 0.6 is 0 Å². The third-order valence-corrected chi connectivity index (χ3v) is 4.18. The Morgan fingerprint density at radius 3 is 2.48 bits per heavy atom. The first-order valence-electron chi connectivity index (χ1n) is 7.82. The van der Waals surface area contributed by atoms with Crippen molar-refractivity contribution in [3.05, 3.63) is 58.7 Å². The van der Waals surface area contributed by atoms with Crippen LogP contribution in [0.2, 0.25) is 0 Å². The van der Waals surface area contributed by atoms with E-state index in [4.69, 9.17) is 9.47 Å². The maximum Gasteiger partial charge on any atom is 0.251 e. The number of hydrogen-bond donors (Lipinski definition) is 1. The largest absolute Gasteiger partial charge is 0.486 e. The first-order chi connectivity index (χ1) is 11.0. The zero-order chi connectivity index (χ0) is 16.4. The average Bonchev–Trinajstić information content (AvgIpc) is 2.56. The molecule has 1 amide bonds. The van der Waals surface area contributed by atoms with Gasteiger partial charge in [-0.3, -0.25) is 4.79 Å². The van der Waals surface area contributed by atoms with Gasteiger partial charge >= 0.3 is 0 Å². The summed E-state index contributed by atoms with van der Waals surface area (Å²) in [6, 6.07) is 11.4. The van der Waals surface area contributed by atoms with Gasteiger partial charge in [-0.05, 0) is 61.7 Å². The van der Waals surface area contributed by atoms with Gasteiger partial charge in [0, 0.05) is 5.56 Å². The second-order valence-electron chi connectivity index (χ2n) is 5.90. The lowest BCUT2D eigenvalue weighted by Crippen LogP contribution is -2.27. The van der Waals surface area contributed by atoms with E-state index in [0.29, 0.717) is 18.8 Å². The zero-order valence-corrected chi connectivity index (χ0v) is 13.7. The molecule has 0 saturated heterocycles. The topological polar surface area (TPSA) is 47.6 Å². The highest BCUT2D eigenvalue weighted by molar-refractivity contribution is 5.94. The molecular weight excluding hydrogens is 290 g/mol. The van der Waals surface area contributed by atoms with Gasteiger partial charge in [0.25, 0.3) is 5.91 Å². The molecule has 0 fully saturated rings. The summed E-state index contributed by atoms with van der Waals surface area (Å²) >= 11 is 0. The number of benzene rings is 2. The third-order valence-electron chi connectivity index (χ3n) is 4.18. The van der Waals surface area contributed by atoms with Crippen molar-refractivity contribution in [2.24, 2.45) is 0 Å². The highest BCUT2D eigenvalue weighted by Gasteiger charge is 2.16. The summed E-state index contributed by atoms with van der Waals surface area (Å²) < 4.78 is 11.1. The van der Waals surface area contributed by atoms with Crippen molar-refractivity contribution in [1.29, 1.82) is 0 Å². The van der Waals surface area contributed by atoms with Crippen LogP contribution in [0, 0.1) is 13.8 Å². The molecule has 0 bridgehead atoms. The summed E-state index contributed by atoms with van der Waals surface area (Å²) in [4.78, 5) is 12.4. The number of rotatable bonds is 3. The normalized spacial score (nSPS) is 14.2. The number of carbonyl (C=O) groups excluding carboxylic acids is 1. The van der Waals surface area contributed by atoms with Crippen LogP contribution in [-0.2, 0) is 0 Å². The molecule has 1 heterocycles. The molecule has 0 radical (unpaired) electrons. The Balaban J connectivity index is 1.74. The van der Waals surface area contributed by atoms with Gasteiger partial charge in [0.05, 0.1) is 6.04 Å². The van der Waals surface area contributed by atoms with E-state index in [1.165, 1.54) is 5.56 Å². The predicted octanol–water partition coefficient (Wildman–Crippen LogP) is 3.57. The molecule has 3 rings (SSSR count). The summed E-state index contributed by atoms with van der Waals surface area (Å²) in [5.41, 5.74) is 3.97. The summed E-state index contributed by atoms with van der Waals surface area (Å²) in [6.45, 7) is 7.14. The summed E-state index contributed by atoms with van der Waals surface area (Å²) in [7, 11) is 0. The highest BCUT2D eigenvalue weighted by atomic mass is 16.6. The van der Waals surface area contributed by atoms with E-state index in [9.17, 15) is 4.79 Å². The molecule has 1 aliphatic rings. The van der Waals surface area contributed by atoms with Crippen LogP contribution in [0.25, 0.3) is 0 Å². The van der Waals surface area contributed by atoms with Gasteiger partial charge in [-0.25, -0.2) is 0 Å². The summed E-state index contributed by atoms with van der Waals surface area (Å²) in [5, 5.41) is 3.03. The van der Waals surface area contributed by atoms with Crippen molar-refractivity contribution in [2.75, 3.05) is 13.2 Å². The lowest BCUT2D eigenvalue weighted by Gasteiger charge is -2.21. The number of aryl methyl sites for hydroxylation is 2. The number of ether oxygens (including phenoxy) is 2. The highest BCUT2D eigenvalue weighted by Crippen LogP contribution is 2.32. The Kier molecular flexibility index (Phi) is 4.24. The maximum absolute atomic E-state index is 12.4. The Morgan fingerprint density at radius 1 is 1.00 bits per heavy atom. The quantitative estimate of drug-likeness (QED) is 0.942. The third kappa shape index (κ3) is 3.31. The van der Waals surface area contributed by atoms with E-state index in [1.54, 1.807) is 0 Å². The number of nitrogens with one attached hydrogen (secondary N) is 1. The zero-order valence-electron chi connectivity index (χ0n) is 13.7. The van der Waals surface area contributed by atoms with Gasteiger partial charge < -0.3 is 14.8 Å². The fourth-order valence-corrected chi connectivity index (χ4v) is 2.58. The fourth-order valence-electron chi connectivity index (χ4n) is 2.58. The van der Waals surface area contributed by atoms with Crippen molar-refractivity contribution < 1.29 is 14.3 Å². The van der Waals surface area contributed by atoms with Crippen molar-refractivity contribution >= 4 is 5.91 Å². The fraction of sp³-hybridized carbons (Fsp3) is 0.316. The number of hydrogen-bond acceptors (Lipinski definition) is 3. The van der Waals surface area contributed by atoms with Crippen molar-refractivity contribution in [3.63, 3.8) is 0 Å². The van der Waals surface area contributed by atoms with Gasteiger partial charge in [0.1, 0.15) is 13.2 Å².